The Balaban J connectivity index is 0.00000264. The van der Waals surface area contributed by atoms with Gasteiger partial charge < -0.3 is 11.1 Å². The summed E-state index contributed by atoms with van der Waals surface area (Å²) in [5.74, 6) is -0.663. The number of amides is 1. The first-order valence-electron chi connectivity index (χ1n) is 6.80. The molecule has 0 saturated heterocycles. The van der Waals surface area contributed by atoms with Gasteiger partial charge in [0.05, 0.1) is 16.4 Å². The standard InChI is InChI=1S/C14H17ClFN5O.ClH/c1-8(6-17)7-18-14(22)13-9(2)21(20-19-13)10-3-4-12(16)11(15)5-10;/h3-5,8H,6-7,17H2,1-2H3,(H,18,22);1H. The highest BCUT2D eigenvalue weighted by Gasteiger charge is 2.18. The van der Waals surface area contributed by atoms with Gasteiger partial charge in [-0.05, 0) is 37.6 Å². The zero-order valence-electron chi connectivity index (χ0n) is 12.7. The van der Waals surface area contributed by atoms with Crippen LogP contribution in [0.2, 0.25) is 5.02 Å². The van der Waals surface area contributed by atoms with Crippen LogP contribution in [-0.2, 0) is 0 Å². The third-order valence-electron chi connectivity index (χ3n) is 3.27. The third-order valence-corrected chi connectivity index (χ3v) is 3.56. The second kappa shape index (κ2) is 8.24. The molecule has 0 aliphatic heterocycles. The van der Waals surface area contributed by atoms with Crippen molar-refractivity contribution in [2.24, 2.45) is 11.7 Å². The van der Waals surface area contributed by atoms with E-state index in [0.29, 0.717) is 24.5 Å². The number of hydrogen-bond acceptors (Lipinski definition) is 4. The van der Waals surface area contributed by atoms with Gasteiger partial charge in [0.15, 0.2) is 5.69 Å². The highest BCUT2D eigenvalue weighted by atomic mass is 35.5. The largest absolute Gasteiger partial charge is 0.350 e. The quantitative estimate of drug-likeness (QED) is 0.853. The minimum atomic E-state index is -0.517. The highest BCUT2D eigenvalue weighted by molar-refractivity contribution is 6.30. The van der Waals surface area contributed by atoms with Gasteiger partial charge in [0.25, 0.3) is 5.91 Å². The number of benzene rings is 1. The van der Waals surface area contributed by atoms with Crippen LogP contribution in [0.25, 0.3) is 5.69 Å². The van der Waals surface area contributed by atoms with Gasteiger partial charge in [-0.25, -0.2) is 9.07 Å². The Morgan fingerprint density at radius 3 is 2.83 bits per heavy atom. The molecule has 0 aliphatic carbocycles. The van der Waals surface area contributed by atoms with Crippen molar-refractivity contribution in [2.45, 2.75) is 13.8 Å². The van der Waals surface area contributed by atoms with Gasteiger partial charge in [-0.15, -0.1) is 17.5 Å². The van der Waals surface area contributed by atoms with E-state index in [2.05, 4.69) is 15.6 Å². The summed E-state index contributed by atoms with van der Waals surface area (Å²) >= 11 is 5.76. The lowest BCUT2D eigenvalue weighted by Gasteiger charge is -2.09. The fraction of sp³-hybridized carbons (Fsp3) is 0.357. The molecular weight excluding hydrogens is 344 g/mol. The molecule has 1 amide bonds. The topological polar surface area (TPSA) is 85.8 Å². The van der Waals surface area contributed by atoms with Gasteiger partial charge in [0.2, 0.25) is 0 Å². The molecule has 2 rings (SSSR count). The van der Waals surface area contributed by atoms with E-state index in [1.165, 1.54) is 22.9 Å². The first kappa shape index (κ1) is 19.3. The van der Waals surface area contributed by atoms with Gasteiger partial charge in [-0.2, -0.15) is 0 Å². The average Bonchev–Trinajstić information content (AvgIpc) is 2.89. The Labute approximate surface area is 144 Å². The molecule has 0 radical (unpaired) electrons. The van der Waals surface area contributed by atoms with Gasteiger partial charge in [-0.3, -0.25) is 4.79 Å². The lowest BCUT2D eigenvalue weighted by atomic mass is 10.2. The minimum absolute atomic E-state index is 0. The summed E-state index contributed by atoms with van der Waals surface area (Å²) in [7, 11) is 0. The Bertz CT molecular complexity index is 692. The molecule has 6 nitrogen and oxygen atoms in total. The molecule has 0 fully saturated rings. The van der Waals surface area contributed by atoms with E-state index in [-0.39, 0.29) is 34.9 Å². The molecule has 0 aliphatic rings. The molecule has 1 aromatic heterocycles. The third kappa shape index (κ3) is 4.40. The molecule has 2 aromatic rings. The Kier molecular flexibility index (Phi) is 6.93. The van der Waals surface area contributed by atoms with E-state index >= 15 is 0 Å². The first-order valence-corrected chi connectivity index (χ1v) is 7.17. The molecule has 0 bridgehead atoms. The number of nitrogens with two attached hydrogens (primary N) is 1. The van der Waals surface area contributed by atoms with Crippen molar-refractivity contribution in [1.29, 1.82) is 0 Å². The van der Waals surface area contributed by atoms with Crippen LogP contribution in [0, 0.1) is 18.7 Å². The van der Waals surface area contributed by atoms with Crippen LogP contribution in [0.1, 0.15) is 23.1 Å². The second-order valence-electron chi connectivity index (χ2n) is 5.08. The summed E-state index contributed by atoms with van der Waals surface area (Å²) in [5.41, 5.74) is 6.79. The van der Waals surface area contributed by atoms with Crippen molar-refractivity contribution in [2.75, 3.05) is 13.1 Å². The van der Waals surface area contributed by atoms with E-state index in [0.717, 1.165) is 0 Å². The maximum absolute atomic E-state index is 13.2. The lowest BCUT2D eigenvalue weighted by molar-refractivity contribution is 0.0943. The van der Waals surface area contributed by atoms with Crippen LogP contribution >= 0.6 is 24.0 Å². The van der Waals surface area contributed by atoms with Gasteiger partial charge in [0, 0.05) is 6.54 Å². The molecule has 3 N–H and O–H groups in total. The SMILES string of the molecule is Cc1c(C(=O)NCC(C)CN)nnn1-c1ccc(F)c(Cl)c1.Cl. The maximum Gasteiger partial charge on any atom is 0.273 e. The zero-order valence-corrected chi connectivity index (χ0v) is 14.3. The number of halogens is 3. The average molecular weight is 362 g/mol. The van der Waals surface area contributed by atoms with Crippen molar-refractivity contribution in [3.05, 3.63) is 40.4 Å². The Hall–Kier alpha value is -1.70. The van der Waals surface area contributed by atoms with Crippen molar-refractivity contribution in [3.63, 3.8) is 0 Å². The molecule has 9 heteroatoms. The van der Waals surface area contributed by atoms with Crippen molar-refractivity contribution >= 4 is 29.9 Å². The molecule has 1 unspecified atom stereocenters. The van der Waals surface area contributed by atoms with Crippen LogP contribution in [0.5, 0.6) is 0 Å². The van der Waals surface area contributed by atoms with Crippen LogP contribution in [0.15, 0.2) is 18.2 Å². The number of aromatic nitrogens is 3. The smallest absolute Gasteiger partial charge is 0.273 e. The van der Waals surface area contributed by atoms with Crippen LogP contribution in [0.3, 0.4) is 0 Å². The number of rotatable bonds is 5. The van der Waals surface area contributed by atoms with Gasteiger partial charge in [0.1, 0.15) is 5.82 Å². The fourth-order valence-corrected chi connectivity index (χ4v) is 2.01. The van der Waals surface area contributed by atoms with Crippen molar-refractivity contribution in [3.8, 4) is 5.69 Å². The zero-order chi connectivity index (χ0) is 16.3. The summed E-state index contributed by atoms with van der Waals surface area (Å²) in [6, 6.07) is 4.18. The van der Waals surface area contributed by atoms with E-state index in [1.54, 1.807) is 6.92 Å². The molecule has 23 heavy (non-hydrogen) atoms. The second-order valence-corrected chi connectivity index (χ2v) is 5.49. The van der Waals surface area contributed by atoms with E-state index in [4.69, 9.17) is 17.3 Å². The first-order chi connectivity index (χ1) is 10.4. The van der Waals surface area contributed by atoms with E-state index in [1.807, 2.05) is 6.92 Å². The van der Waals surface area contributed by atoms with Crippen LogP contribution in [0.4, 0.5) is 4.39 Å². The van der Waals surface area contributed by atoms with Crippen LogP contribution in [-0.4, -0.2) is 34.0 Å². The molecule has 0 spiro atoms. The van der Waals surface area contributed by atoms with Crippen molar-refractivity contribution in [1.82, 2.24) is 20.3 Å². The van der Waals surface area contributed by atoms with E-state index in [9.17, 15) is 9.18 Å². The summed E-state index contributed by atoms with van der Waals surface area (Å²) in [6.07, 6.45) is 0. The Morgan fingerprint density at radius 2 is 2.22 bits per heavy atom. The number of nitrogens with zero attached hydrogens (tertiary/aromatic N) is 3. The van der Waals surface area contributed by atoms with Crippen molar-refractivity contribution < 1.29 is 9.18 Å². The van der Waals surface area contributed by atoms with E-state index < -0.39 is 5.82 Å². The van der Waals surface area contributed by atoms with Gasteiger partial charge in [-0.1, -0.05) is 23.7 Å². The monoisotopic (exact) mass is 361 g/mol. The van der Waals surface area contributed by atoms with Crippen LogP contribution < -0.4 is 11.1 Å². The summed E-state index contributed by atoms with van der Waals surface area (Å²) < 4.78 is 14.6. The normalized spacial score (nSPS) is 11.7. The molecule has 0 saturated carbocycles. The van der Waals surface area contributed by atoms with Gasteiger partial charge >= 0.3 is 0 Å². The fourth-order valence-electron chi connectivity index (χ4n) is 1.83. The number of hydrogen-bond donors (Lipinski definition) is 2. The predicted octanol–water partition coefficient (Wildman–Crippen LogP) is 2.11. The molecule has 1 heterocycles. The number of carbonyl (C=O) groups excluding carboxylic acids is 1. The number of nitrogens with one attached hydrogen (secondary N) is 1. The summed E-state index contributed by atoms with van der Waals surface area (Å²) in [6.45, 7) is 4.59. The summed E-state index contributed by atoms with van der Waals surface area (Å²) in [5, 5.41) is 10.5. The lowest BCUT2D eigenvalue weighted by Crippen LogP contribution is -2.31. The number of carbonyl (C=O) groups is 1. The molecule has 1 atom stereocenters. The minimum Gasteiger partial charge on any atom is -0.350 e. The molecular formula is C14H18Cl2FN5O. The highest BCUT2D eigenvalue weighted by Crippen LogP contribution is 2.20. The summed E-state index contributed by atoms with van der Waals surface area (Å²) in [4.78, 5) is 12.1. The maximum atomic E-state index is 13.2. The molecule has 126 valence electrons. The molecule has 1 aromatic carbocycles. The Morgan fingerprint density at radius 1 is 1.52 bits per heavy atom. The predicted molar refractivity (Wildman–Crippen MR) is 88.9 cm³/mol.